The molecule has 4 heteroatoms. The lowest BCUT2D eigenvalue weighted by atomic mass is 9.98. The minimum Gasteiger partial charge on any atom is -0.209 e. The Morgan fingerprint density at radius 3 is 2.92 bits per heavy atom. The van der Waals surface area contributed by atoms with E-state index in [0.717, 1.165) is 6.08 Å². The van der Waals surface area contributed by atoms with Gasteiger partial charge in [-0.05, 0) is 18.3 Å². The molecule has 0 saturated carbocycles. The summed E-state index contributed by atoms with van der Waals surface area (Å²) in [4.78, 5) is 3.63. The predicted molar refractivity (Wildman–Crippen MR) is 46.1 cm³/mol. The van der Waals surface area contributed by atoms with E-state index in [9.17, 15) is 8.78 Å². The number of isothiocyanates is 1. The molecule has 64 valence electrons. The molecule has 1 rings (SSSR count). The third-order valence-corrected chi connectivity index (χ3v) is 1.79. The fraction of sp³-hybridized carbons (Fsp3) is 0.375. The average molecular weight is 187 g/mol. The first-order valence-electron chi connectivity index (χ1n) is 3.48. The Hall–Kier alpha value is -0.860. The van der Waals surface area contributed by atoms with Crippen LogP contribution in [0, 0.1) is 5.92 Å². The largest absolute Gasteiger partial charge is 0.209 e. The Balaban J connectivity index is 3.00. The zero-order valence-corrected chi connectivity index (χ0v) is 7.29. The number of thiocarbonyl (C=S) groups is 1. The molecule has 0 amide bonds. The first-order valence-corrected chi connectivity index (χ1v) is 3.89. The maximum atomic E-state index is 12.6. The second-order valence-electron chi connectivity index (χ2n) is 2.63. The molecule has 12 heavy (non-hydrogen) atoms. The van der Waals surface area contributed by atoms with Gasteiger partial charge in [0.1, 0.15) is 5.83 Å². The van der Waals surface area contributed by atoms with E-state index in [1.54, 1.807) is 6.92 Å². The molecule has 0 aromatic rings. The molecule has 1 atom stereocenters. The topological polar surface area (TPSA) is 12.4 Å². The SMILES string of the molecule is CC1CC(F)=C(F)C=C1N=C=S. The summed E-state index contributed by atoms with van der Waals surface area (Å²) in [7, 11) is 0. The fourth-order valence-electron chi connectivity index (χ4n) is 1.02. The van der Waals surface area contributed by atoms with Crippen LogP contribution in [-0.2, 0) is 0 Å². The molecular formula is C8H7F2NS. The van der Waals surface area contributed by atoms with E-state index >= 15 is 0 Å². The molecule has 0 spiro atoms. The maximum absolute atomic E-state index is 12.6. The highest BCUT2D eigenvalue weighted by molar-refractivity contribution is 7.78. The quantitative estimate of drug-likeness (QED) is 0.453. The Morgan fingerprint density at radius 1 is 1.67 bits per heavy atom. The van der Waals surface area contributed by atoms with Crippen molar-refractivity contribution in [3.8, 4) is 0 Å². The average Bonchev–Trinajstić information content (AvgIpc) is 2.01. The highest BCUT2D eigenvalue weighted by Gasteiger charge is 2.19. The van der Waals surface area contributed by atoms with Crippen molar-refractivity contribution in [1.29, 1.82) is 0 Å². The highest BCUT2D eigenvalue weighted by atomic mass is 32.1. The first-order chi connectivity index (χ1) is 5.65. The predicted octanol–water partition coefficient (Wildman–Crippen LogP) is 3.16. The Kier molecular flexibility index (Phi) is 2.84. The van der Waals surface area contributed by atoms with Crippen LogP contribution in [-0.4, -0.2) is 5.16 Å². The summed E-state index contributed by atoms with van der Waals surface area (Å²) in [6.45, 7) is 1.76. The number of hydrogen-bond donors (Lipinski definition) is 0. The van der Waals surface area contributed by atoms with Crippen LogP contribution in [0.5, 0.6) is 0 Å². The van der Waals surface area contributed by atoms with Gasteiger partial charge < -0.3 is 0 Å². The van der Waals surface area contributed by atoms with E-state index in [1.807, 2.05) is 0 Å². The van der Waals surface area contributed by atoms with Crippen molar-refractivity contribution < 1.29 is 8.78 Å². The molecule has 0 bridgehead atoms. The van der Waals surface area contributed by atoms with Crippen LogP contribution in [0.25, 0.3) is 0 Å². The minimum absolute atomic E-state index is 0.0537. The van der Waals surface area contributed by atoms with E-state index in [1.165, 1.54) is 0 Å². The van der Waals surface area contributed by atoms with Crippen LogP contribution >= 0.6 is 12.2 Å². The van der Waals surface area contributed by atoms with Crippen LogP contribution in [0.2, 0.25) is 0 Å². The van der Waals surface area contributed by atoms with E-state index in [-0.39, 0.29) is 12.3 Å². The molecule has 0 fully saturated rings. The highest BCUT2D eigenvalue weighted by Crippen LogP contribution is 2.30. The number of halogens is 2. The van der Waals surface area contributed by atoms with Gasteiger partial charge in [0.05, 0.1) is 10.9 Å². The van der Waals surface area contributed by atoms with Crippen molar-refractivity contribution in [3.63, 3.8) is 0 Å². The van der Waals surface area contributed by atoms with Gasteiger partial charge in [0.2, 0.25) is 0 Å². The lowest BCUT2D eigenvalue weighted by Gasteiger charge is -2.14. The number of hydrogen-bond acceptors (Lipinski definition) is 2. The third kappa shape index (κ3) is 1.84. The van der Waals surface area contributed by atoms with Crippen LogP contribution in [0.3, 0.4) is 0 Å². The van der Waals surface area contributed by atoms with Crippen molar-refractivity contribution in [2.24, 2.45) is 10.9 Å². The summed E-state index contributed by atoms with van der Waals surface area (Å²) in [5.41, 5.74) is 0.448. The summed E-state index contributed by atoms with van der Waals surface area (Å²) in [5, 5.41) is 2.13. The van der Waals surface area contributed by atoms with E-state index < -0.39 is 11.7 Å². The Bertz CT molecular complexity index is 300. The summed E-state index contributed by atoms with van der Waals surface area (Å²) in [6.07, 6.45) is 1.11. The molecule has 1 aliphatic carbocycles. The smallest absolute Gasteiger partial charge is 0.156 e. The standard InChI is InChI=1S/C8H7F2NS/c1-5-2-6(9)7(10)3-8(5)11-4-12/h3,5H,2H2,1H3. The van der Waals surface area contributed by atoms with E-state index in [0.29, 0.717) is 5.70 Å². The molecule has 1 nitrogen and oxygen atoms in total. The monoisotopic (exact) mass is 187 g/mol. The zero-order valence-electron chi connectivity index (χ0n) is 6.47. The van der Waals surface area contributed by atoms with Gasteiger partial charge in [-0.1, -0.05) is 6.92 Å². The van der Waals surface area contributed by atoms with E-state index in [2.05, 4.69) is 22.4 Å². The van der Waals surface area contributed by atoms with Gasteiger partial charge >= 0.3 is 0 Å². The van der Waals surface area contributed by atoms with Crippen molar-refractivity contribution >= 4 is 17.4 Å². The second kappa shape index (κ2) is 3.70. The van der Waals surface area contributed by atoms with E-state index in [4.69, 9.17) is 0 Å². The molecule has 0 radical (unpaired) electrons. The van der Waals surface area contributed by atoms with Crippen LogP contribution < -0.4 is 0 Å². The van der Waals surface area contributed by atoms with Crippen molar-refractivity contribution in [2.45, 2.75) is 13.3 Å². The van der Waals surface area contributed by atoms with Crippen molar-refractivity contribution in [1.82, 2.24) is 0 Å². The number of aliphatic imine (C=N–C) groups is 1. The van der Waals surface area contributed by atoms with Gasteiger partial charge in [-0.15, -0.1) is 0 Å². The fourth-order valence-corrected chi connectivity index (χ4v) is 1.12. The summed E-state index contributed by atoms with van der Waals surface area (Å²) in [6, 6.07) is 0. The molecule has 0 aliphatic heterocycles. The number of rotatable bonds is 1. The van der Waals surface area contributed by atoms with Crippen LogP contribution in [0.15, 0.2) is 28.4 Å². The lowest BCUT2D eigenvalue weighted by Crippen LogP contribution is -2.03. The second-order valence-corrected chi connectivity index (χ2v) is 2.81. The number of nitrogens with zero attached hydrogens (tertiary/aromatic N) is 1. The summed E-state index contributed by atoms with van der Waals surface area (Å²) < 4.78 is 25.2. The lowest BCUT2D eigenvalue weighted by molar-refractivity contribution is 0.467. The van der Waals surface area contributed by atoms with Crippen molar-refractivity contribution in [2.75, 3.05) is 0 Å². The normalized spacial score (nSPS) is 23.2. The van der Waals surface area contributed by atoms with Gasteiger partial charge in [0.15, 0.2) is 5.83 Å². The molecule has 0 N–H and O–H groups in total. The molecule has 0 aromatic carbocycles. The van der Waals surface area contributed by atoms with Gasteiger partial charge in [-0.3, -0.25) is 0 Å². The van der Waals surface area contributed by atoms with Gasteiger partial charge in [-0.2, -0.15) is 4.99 Å². The van der Waals surface area contributed by atoms with Gasteiger partial charge in [-0.25, -0.2) is 8.78 Å². The number of allylic oxidation sites excluding steroid dienone is 4. The van der Waals surface area contributed by atoms with Crippen molar-refractivity contribution in [3.05, 3.63) is 23.4 Å². The summed E-state index contributed by atoms with van der Waals surface area (Å²) >= 11 is 4.36. The van der Waals surface area contributed by atoms with Crippen LogP contribution in [0.1, 0.15) is 13.3 Å². The first kappa shape index (κ1) is 9.23. The molecular weight excluding hydrogens is 180 g/mol. The molecule has 0 aromatic heterocycles. The Morgan fingerprint density at radius 2 is 2.33 bits per heavy atom. The Labute approximate surface area is 74.5 Å². The van der Waals surface area contributed by atoms with Gasteiger partial charge in [0.25, 0.3) is 0 Å². The zero-order chi connectivity index (χ0) is 9.14. The molecule has 1 aliphatic rings. The third-order valence-electron chi connectivity index (χ3n) is 1.70. The van der Waals surface area contributed by atoms with Gasteiger partial charge in [0, 0.05) is 12.3 Å². The molecule has 1 unspecified atom stereocenters. The maximum Gasteiger partial charge on any atom is 0.156 e. The summed E-state index contributed by atoms with van der Waals surface area (Å²) in [5.74, 6) is -1.69. The van der Waals surface area contributed by atoms with Crippen LogP contribution in [0.4, 0.5) is 8.78 Å². The minimum atomic E-state index is -0.850. The molecule has 0 saturated heterocycles. The molecule has 0 heterocycles.